The van der Waals surface area contributed by atoms with Crippen LogP contribution in [-0.2, 0) is 6.18 Å². The lowest BCUT2D eigenvalue weighted by molar-refractivity contribution is -0.137. The van der Waals surface area contributed by atoms with Crippen LogP contribution in [0.15, 0.2) is 24.3 Å². The van der Waals surface area contributed by atoms with Crippen molar-refractivity contribution in [3.8, 4) is 11.8 Å². The summed E-state index contributed by atoms with van der Waals surface area (Å²) >= 11 is 0. The summed E-state index contributed by atoms with van der Waals surface area (Å²) in [6, 6.07) is 4.66. The van der Waals surface area contributed by atoms with Crippen molar-refractivity contribution in [2.75, 3.05) is 0 Å². The Balaban J connectivity index is 2.86. The van der Waals surface area contributed by atoms with E-state index in [0.717, 1.165) is 25.0 Å². The molecule has 0 aliphatic heterocycles. The Morgan fingerprint density at radius 1 is 1.35 bits per heavy atom. The summed E-state index contributed by atoms with van der Waals surface area (Å²) in [6.07, 6.45) is -2.69. The Morgan fingerprint density at radius 3 is 2.65 bits per heavy atom. The zero-order chi connectivity index (χ0) is 12.9. The molecule has 0 aliphatic rings. The van der Waals surface area contributed by atoms with Crippen molar-refractivity contribution in [2.24, 2.45) is 5.73 Å². The summed E-state index contributed by atoms with van der Waals surface area (Å²) < 4.78 is 37.2. The van der Waals surface area contributed by atoms with Crippen LogP contribution in [0.3, 0.4) is 0 Å². The Bertz CT molecular complexity index is 426. The van der Waals surface area contributed by atoms with Crippen LogP contribution in [0.1, 0.15) is 30.9 Å². The van der Waals surface area contributed by atoms with Crippen molar-refractivity contribution in [1.82, 2.24) is 0 Å². The zero-order valence-corrected chi connectivity index (χ0v) is 9.51. The molecule has 4 heteroatoms. The van der Waals surface area contributed by atoms with Gasteiger partial charge in [-0.05, 0) is 24.6 Å². The fraction of sp³-hybridized carbons (Fsp3) is 0.385. The van der Waals surface area contributed by atoms with Gasteiger partial charge < -0.3 is 5.73 Å². The standard InChI is InChI=1S/C13H14F3N/c1-2-4-12(17)8-7-10-5-3-6-11(9-10)13(14,15)16/h3,5-6,9,12H,2,4,17H2,1H3. The van der Waals surface area contributed by atoms with E-state index in [4.69, 9.17) is 5.73 Å². The van der Waals surface area contributed by atoms with Crippen molar-refractivity contribution < 1.29 is 13.2 Å². The number of nitrogens with two attached hydrogens (primary N) is 1. The van der Waals surface area contributed by atoms with Gasteiger partial charge in [0, 0.05) is 5.56 Å². The molecule has 1 aromatic rings. The van der Waals surface area contributed by atoms with Gasteiger partial charge in [-0.1, -0.05) is 31.3 Å². The third-order valence-corrected chi connectivity index (χ3v) is 2.19. The van der Waals surface area contributed by atoms with Gasteiger partial charge in [0.05, 0.1) is 11.6 Å². The lowest BCUT2D eigenvalue weighted by Gasteiger charge is -2.06. The van der Waals surface area contributed by atoms with Crippen LogP contribution in [0.25, 0.3) is 0 Å². The summed E-state index contributed by atoms with van der Waals surface area (Å²) in [6.45, 7) is 1.98. The van der Waals surface area contributed by atoms with Gasteiger partial charge in [-0.15, -0.1) is 0 Å². The third kappa shape index (κ3) is 4.49. The van der Waals surface area contributed by atoms with Gasteiger partial charge in [-0.3, -0.25) is 0 Å². The van der Waals surface area contributed by atoms with Crippen molar-refractivity contribution in [3.63, 3.8) is 0 Å². The minimum atomic E-state index is -4.33. The van der Waals surface area contributed by atoms with Gasteiger partial charge in [-0.25, -0.2) is 0 Å². The summed E-state index contributed by atoms with van der Waals surface area (Å²) in [4.78, 5) is 0. The highest BCUT2D eigenvalue weighted by Crippen LogP contribution is 2.29. The number of hydrogen-bond acceptors (Lipinski definition) is 1. The van der Waals surface area contributed by atoms with Gasteiger partial charge in [0.2, 0.25) is 0 Å². The smallest absolute Gasteiger partial charge is 0.318 e. The SMILES string of the molecule is CCCC(N)C#Cc1cccc(C(F)(F)F)c1. The van der Waals surface area contributed by atoms with E-state index in [1.807, 2.05) is 6.92 Å². The molecule has 0 aliphatic carbocycles. The molecule has 0 amide bonds. The highest BCUT2D eigenvalue weighted by molar-refractivity contribution is 5.38. The molecule has 1 rings (SSSR count). The van der Waals surface area contributed by atoms with Crippen LogP contribution < -0.4 is 5.73 Å². The van der Waals surface area contributed by atoms with Crippen LogP contribution in [-0.4, -0.2) is 6.04 Å². The molecule has 0 heterocycles. The van der Waals surface area contributed by atoms with E-state index in [2.05, 4.69) is 11.8 Å². The predicted molar refractivity (Wildman–Crippen MR) is 61.2 cm³/mol. The van der Waals surface area contributed by atoms with Crippen molar-refractivity contribution in [3.05, 3.63) is 35.4 Å². The molecule has 0 bridgehead atoms. The van der Waals surface area contributed by atoms with E-state index in [1.54, 1.807) is 6.07 Å². The second-order valence-electron chi connectivity index (χ2n) is 3.74. The van der Waals surface area contributed by atoms with Crippen LogP contribution in [0, 0.1) is 11.8 Å². The maximum Gasteiger partial charge on any atom is 0.416 e. The van der Waals surface area contributed by atoms with E-state index in [1.165, 1.54) is 6.07 Å². The summed E-state index contributed by atoms with van der Waals surface area (Å²) in [7, 11) is 0. The Morgan fingerprint density at radius 2 is 2.06 bits per heavy atom. The molecular weight excluding hydrogens is 227 g/mol. The Labute approximate surface area is 98.8 Å². The van der Waals surface area contributed by atoms with E-state index in [9.17, 15) is 13.2 Å². The number of halogens is 3. The monoisotopic (exact) mass is 241 g/mol. The topological polar surface area (TPSA) is 26.0 Å². The molecular formula is C13H14F3N. The first kappa shape index (κ1) is 13.6. The normalized spacial score (nSPS) is 12.8. The molecule has 1 unspecified atom stereocenters. The molecule has 0 saturated heterocycles. The molecule has 1 nitrogen and oxygen atoms in total. The highest BCUT2D eigenvalue weighted by Gasteiger charge is 2.30. The Hall–Kier alpha value is -1.47. The summed E-state index contributed by atoms with van der Waals surface area (Å²) in [5, 5.41) is 0. The quantitative estimate of drug-likeness (QED) is 0.791. The number of benzene rings is 1. The molecule has 0 radical (unpaired) electrons. The third-order valence-electron chi connectivity index (χ3n) is 2.19. The van der Waals surface area contributed by atoms with E-state index in [-0.39, 0.29) is 6.04 Å². The number of alkyl halides is 3. The zero-order valence-electron chi connectivity index (χ0n) is 9.51. The fourth-order valence-electron chi connectivity index (χ4n) is 1.33. The van der Waals surface area contributed by atoms with Gasteiger partial charge in [0.15, 0.2) is 0 Å². The second-order valence-corrected chi connectivity index (χ2v) is 3.74. The largest absolute Gasteiger partial charge is 0.416 e. The molecule has 1 aromatic carbocycles. The molecule has 0 aromatic heterocycles. The molecule has 0 spiro atoms. The number of hydrogen-bond donors (Lipinski definition) is 1. The molecule has 1 atom stereocenters. The van der Waals surface area contributed by atoms with Gasteiger partial charge >= 0.3 is 6.18 Å². The minimum Gasteiger partial charge on any atom is -0.318 e. The van der Waals surface area contributed by atoms with Crippen molar-refractivity contribution in [1.29, 1.82) is 0 Å². The van der Waals surface area contributed by atoms with Crippen LogP contribution in [0.4, 0.5) is 13.2 Å². The first-order chi connectivity index (χ1) is 7.93. The highest BCUT2D eigenvalue weighted by atomic mass is 19.4. The molecule has 2 N–H and O–H groups in total. The van der Waals surface area contributed by atoms with Gasteiger partial charge in [0.1, 0.15) is 0 Å². The lowest BCUT2D eigenvalue weighted by Crippen LogP contribution is -2.16. The number of rotatable bonds is 2. The lowest BCUT2D eigenvalue weighted by atomic mass is 10.1. The summed E-state index contributed by atoms with van der Waals surface area (Å²) in [5.74, 6) is 5.41. The molecule has 0 saturated carbocycles. The fourth-order valence-corrected chi connectivity index (χ4v) is 1.33. The van der Waals surface area contributed by atoms with Crippen LogP contribution in [0.2, 0.25) is 0 Å². The summed E-state index contributed by atoms with van der Waals surface area (Å²) in [5.41, 5.74) is 5.31. The average Bonchev–Trinajstić information content (AvgIpc) is 2.26. The minimum absolute atomic E-state index is 0.283. The first-order valence-electron chi connectivity index (χ1n) is 5.38. The van der Waals surface area contributed by atoms with E-state index < -0.39 is 11.7 Å². The van der Waals surface area contributed by atoms with Crippen LogP contribution >= 0.6 is 0 Å². The maximum absolute atomic E-state index is 12.4. The van der Waals surface area contributed by atoms with Crippen molar-refractivity contribution in [2.45, 2.75) is 32.0 Å². The average molecular weight is 241 g/mol. The maximum atomic E-state index is 12.4. The Kier molecular flexibility index (Phi) is 4.59. The van der Waals surface area contributed by atoms with E-state index >= 15 is 0 Å². The van der Waals surface area contributed by atoms with Gasteiger partial charge in [-0.2, -0.15) is 13.2 Å². The van der Waals surface area contributed by atoms with Gasteiger partial charge in [0.25, 0.3) is 0 Å². The second kappa shape index (κ2) is 5.74. The molecule has 92 valence electrons. The van der Waals surface area contributed by atoms with Crippen molar-refractivity contribution >= 4 is 0 Å². The predicted octanol–water partition coefficient (Wildman–Crippen LogP) is 3.18. The van der Waals surface area contributed by atoms with E-state index in [0.29, 0.717) is 5.56 Å². The molecule has 0 fully saturated rings. The molecule has 17 heavy (non-hydrogen) atoms. The van der Waals surface area contributed by atoms with Crippen LogP contribution in [0.5, 0.6) is 0 Å². The first-order valence-corrected chi connectivity index (χ1v) is 5.38.